The molecule has 0 unspecified atom stereocenters. The van der Waals surface area contributed by atoms with Gasteiger partial charge >= 0.3 is 0 Å². The van der Waals surface area contributed by atoms with Gasteiger partial charge in [-0.25, -0.2) is 9.37 Å². The summed E-state index contributed by atoms with van der Waals surface area (Å²) < 4.78 is 30.2. The van der Waals surface area contributed by atoms with Gasteiger partial charge in [0.1, 0.15) is 0 Å². The number of pyridine rings is 1. The summed E-state index contributed by atoms with van der Waals surface area (Å²) in [4.78, 5) is 3.22. The predicted octanol–water partition coefficient (Wildman–Crippen LogP) is 1.02. The van der Waals surface area contributed by atoms with Crippen molar-refractivity contribution < 1.29 is 18.6 Å². The number of methoxy groups -OCH3 is 1. The molecule has 1 atom stereocenters. The van der Waals surface area contributed by atoms with Crippen LogP contribution in [0, 0.1) is 11.8 Å². The minimum atomic E-state index is -1.15. The highest BCUT2D eigenvalue weighted by molar-refractivity contribution is 5.13. The van der Waals surface area contributed by atoms with Gasteiger partial charge in [0.05, 0.1) is 12.7 Å². The Bertz CT molecular complexity index is 350. The van der Waals surface area contributed by atoms with Crippen LogP contribution in [-0.2, 0) is 4.74 Å². The van der Waals surface area contributed by atoms with Crippen LogP contribution < -0.4 is 5.32 Å². The van der Waals surface area contributed by atoms with Gasteiger partial charge in [-0.05, 0) is 19.0 Å². The molecule has 1 aromatic rings. The molecule has 0 saturated heterocycles. The molecule has 2 N–H and O–H groups in total. The Morgan fingerprint density at radius 3 is 2.88 bits per heavy atom. The predicted molar refractivity (Wildman–Crippen MR) is 58.5 cm³/mol. The fraction of sp³-hybridized carbons (Fsp3) is 0.545. The van der Waals surface area contributed by atoms with E-state index in [1.807, 2.05) is 0 Å². The Balaban J connectivity index is 2.36. The summed E-state index contributed by atoms with van der Waals surface area (Å²) in [5.74, 6) is -2.20. The Kier molecular flexibility index (Phi) is 5.96. The molecule has 0 aromatic carbocycles. The quantitative estimate of drug-likeness (QED) is 0.557. The molecule has 0 aliphatic rings. The molecule has 0 spiro atoms. The maximum Gasteiger partial charge on any atom is 0.248 e. The van der Waals surface area contributed by atoms with Crippen LogP contribution in [0.3, 0.4) is 0 Å². The number of aromatic nitrogens is 1. The Hall–Kier alpha value is -1.11. The van der Waals surface area contributed by atoms with Gasteiger partial charge in [-0.2, -0.15) is 4.39 Å². The van der Waals surface area contributed by atoms with Crippen molar-refractivity contribution in [1.29, 1.82) is 0 Å². The maximum atomic E-state index is 12.8. The molecule has 0 bridgehead atoms. The van der Waals surface area contributed by atoms with Crippen LogP contribution in [0.4, 0.5) is 8.78 Å². The normalized spacial score (nSPS) is 12.7. The van der Waals surface area contributed by atoms with Crippen LogP contribution >= 0.6 is 0 Å². The lowest BCUT2D eigenvalue weighted by molar-refractivity contribution is 0.161. The molecule has 1 aromatic heterocycles. The molecular weight excluding hydrogens is 230 g/mol. The van der Waals surface area contributed by atoms with Crippen molar-refractivity contribution in [2.45, 2.75) is 12.5 Å². The highest BCUT2D eigenvalue weighted by Gasteiger charge is 2.11. The van der Waals surface area contributed by atoms with Crippen LogP contribution in [0.5, 0.6) is 0 Å². The van der Waals surface area contributed by atoms with E-state index < -0.39 is 17.9 Å². The number of nitrogens with zero attached hydrogens (tertiary/aromatic N) is 1. The fourth-order valence-corrected chi connectivity index (χ4v) is 1.32. The Labute approximate surface area is 98.6 Å². The number of hydrogen-bond acceptors (Lipinski definition) is 4. The van der Waals surface area contributed by atoms with Crippen LogP contribution in [0.25, 0.3) is 0 Å². The first kappa shape index (κ1) is 14.0. The standard InChI is InChI=1S/C11H16F2N2O2/c1-17-5-4-14-3-2-10(16)8-6-9(12)11(13)15-7-8/h6-7,10,14,16H,2-5H2,1H3/t10-/m0/s1. The highest BCUT2D eigenvalue weighted by Crippen LogP contribution is 2.16. The molecule has 4 nitrogen and oxygen atoms in total. The second-order valence-corrected chi connectivity index (χ2v) is 3.59. The fourth-order valence-electron chi connectivity index (χ4n) is 1.32. The molecule has 0 amide bonds. The summed E-state index contributed by atoms with van der Waals surface area (Å²) in [5, 5.41) is 12.7. The third-order valence-electron chi connectivity index (χ3n) is 2.28. The number of ether oxygens (including phenoxy) is 1. The van der Waals surface area contributed by atoms with Gasteiger partial charge in [-0.1, -0.05) is 0 Å². The minimum Gasteiger partial charge on any atom is -0.388 e. The van der Waals surface area contributed by atoms with E-state index in [1.165, 1.54) is 0 Å². The zero-order chi connectivity index (χ0) is 12.7. The number of nitrogens with one attached hydrogen (secondary N) is 1. The third kappa shape index (κ3) is 4.72. The molecular formula is C11H16F2N2O2. The van der Waals surface area contributed by atoms with E-state index in [9.17, 15) is 13.9 Å². The van der Waals surface area contributed by atoms with E-state index in [0.717, 1.165) is 12.3 Å². The lowest BCUT2D eigenvalue weighted by Crippen LogP contribution is -2.21. The maximum absolute atomic E-state index is 12.8. The summed E-state index contributed by atoms with van der Waals surface area (Å²) in [7, 11) is 1.60. The monoisotopic (exact) mass is 246 g/mol. The van der Waals surface area contributed by atoms with E-state index in [0.29, 0.717) is 26.1 Å². The topological polar surface area (TPSA) is 54.4 Å². The van der Waals surface area contributed by atoms with Crippen LogP contribution in [-0.4, -0.2) is 36.9 Å². The van der Waals surface area contributed by atoms with Gasteiger partial charge in [0.15, 0.2) is 5.82 Å². The molecule has 6 heteroatoms. The summed E-state index contributed by atoms with van der Waals surface area (Å²) in [5.41, 5.74) is 0.275. The van der Waals surface area contributed by atoms with Gasteiger partial charge < -0.3 is 15.2 Å². The van der Waals surface area contributed by atoms with Gasteiger partial charge in [0.25, 0.3) is 0 Å². The van der Waals surface area contributed by atoms with Crippen LogP contribution in [0.1, 0.15) is 18.1 Å². The molecule has 17 heavy (non-hydrogen) atoms. The van der Waals surface area contributed by atoms with Gasteiger partial charge in [-0.15, -0.1) is 0 Å². The Morgan fingerprint density at radius 1 is 1.47 bits per heavy atom. The largest absolute Gasteiger partial charge is 0.388 e. The zero-order valence-corrected chi connectivity index (χ0v) is 9.62. The Morgan fingerprint density at radius 2 is 2.24 bits per heavy atom. The van der Waals surface area contributed by atoms with E-state index in [-0.39, 0.29) is 5.56 Å². The highest BCUT2D eigenvalue weighted by atomic mass is 19.2. The number of hydrogen-bond donors (Lipinski definition) is 2. The summed E-state index contributed by atoms with van der Waals surface area (Å²) in [6.45, 7) is 1.82. The van der Waals surface area contributed by atoms with Crippen molar-refractivity contribution in [2.75, 3.05) is 26.8 Å². The smallest absolute Gasteiger partial charge is 0.248 e. The van der Waals surface area contributed by atoms with Crippen LogP contribution in [0.15, 0.2) is 12.3 Å². The van der Waals surface area contributed by atoms with E-state index in [2.05, 4.69) is 10.3 Å². The molecule has 0 fully saturated rings. The second-order valence-electron chi connectivity index (χ2n) is 3.59. The molecule has 0 aliphatic carbocycles. The number of halogens is 2. The van der Waals surface area contributed by atoms with E-state index in [1.54, 1.807) is 7.11 Å². The molecule has 0 radical (unpaired) electrons. The number of aliphatic hydroxyl groups excluding tert-OH is 1. The van der Waals surface area contributed by atoms with Crippen molar-refractivity contribution >= 4 is 0 Å². The van der Waals surface area contributed by atoms with E-state index in [4.69, 9.17) is 4.74 Å². The number of rotatable bonds is 7. The summed E-state index contributed by atoms with van der Waals surface area (Å²) >= 11 is 0. The lowest BCUT2D eigenvalue weighted by atomic mass is 10.1. The summed E-state index contributed by atoms with van der Waals surface area (Å²) in [6.07, 6.45) is 0.682. The average Bonchev–Trinajstić information content (AvgIpc) is 2.32. The molecule has 1 rings (SSSR count). The van der Waals surface area contributed by atoms with E-state index >= 15 is 0 Å². The molecule has 96 valence electrons. The number of aliphatic hydroxyl groups is 1. The second kappa shape index (κ2) is 7.26. The van der Waals surface area contributed by atoms with Gasteiger partial charge in [0.2, 0.25) is 5.95 Å². The average molecular weight is 246 g/mol. The minimum absolute atomic E-state index is 0.275. The summed E-state index contributed by atoms with van der Waals surface area (Å²) in [6, 6.07) is 0.960. The van der Waals surface area contributed by atoms with Gasteiger partial charge in [0, 0.05) is 25.4 Å². The first-order chi connectivity index (χ1) is 8.15. The van der Waals surface area contributed by atoms with Crippen molar-refractivity contribution in [3.63, 3.8) is 0 Å². The van der Waals surface area contributed by atoms with Crippen molar-refractivity contribution in [3.8, 4) is 0 Å². The molecule has 0 aliphatic heterocycles. The lowest BCUT2D eigenvalue weighted by Gasteiger charge is -2.11. The molecule has 1 heterocycles. The van der Waals surface area contributed by atoms with Crippen LogP contribution in [0.2, 0.25) is 0 Å². The van der Waals surface area contributed by atoms with Crippen molar-refractivity contribution in [3.05, 3.63) is 29.6 Å². The SMILES string of the molecule is COCCNCC[C@H](O)c1cnc(F)c(F)c1. The first-order valence-corrected chi connectivity index (χ1v) is 5.33. The zero-order valence-electron chi connectivity index (χ0n) is 9.62. The van der Waals surface area contributed by atoms with Gasteiger partial charge in [-0.3, -0.25) is 0 Å². The van der Waals surface area contributed by atoms with Crippen molar-refractivity contribution in [1.82, 2.24) is 10.3 Å². The third-order valence-corrected chi connectivity index (χ3v) is 2.28. The van der Waals surface area contributed by atoms with Crippen molar-refractivity contribution in [2.24, 2.45) is 0 Å². The molecule has 0 saturated carbocycles. The first-order valence-electron chi connectivity index (χ1n) is 5.33.